The van der Waals surface area contributed by atoms with Gasteiger partial charge in [-0.05, 0) is 43.5 Å². The van der Waals surface area contributed by atoms with Gasteiger partial charge in [-0.1, -0.05) is 76.2 Å². The van der Waals surface area contributed by atoms with Crippen LogP contribution in [0.15, 0.2) is 54.6 Å². The highest BCUT2D eigenvalue weighted by molar-refractivity contribution is 6.74. The predicted octanol–water partition coefficient (Wildman–Crippen LogP) is 6.57. The molecule has 2 aromatic rings. The first-order valence-electron chi connectivity index (χ1n) is 11.9. The van der Waals surface area contributed by atoms with Gasteiger partial charge in [0.25, 0.3) is 5.91 Å². The summed E-state index contributed by atoms with van der Waals surface area (Å²) < 4.78 is 12.9. The molecule has 0 aromatic heterocycles. The molecule has 3 rings (SSSR count). The Balaban J connectivity index is 1.83. The molecular formula is C27H39NO3Si. The molecule has 5 heteroatoms. The fraction of sp³-hybridized carbons (Fsp3) is 0.519. The third kappa shape index (κ3) is 4.70. The number of ether oxygens (including phenoxy) is 1. The molecule has 0 spiro atoms. The van der Waals surface area contributed by atoms with Crippen molar-refractivity contribution in [2.45, 2.75) is 70.8 Å². The third-order valence-electron chi connectivity index (χ3n) is 6.87. The molecule has 0 saturated heterocycles. The van der Waals surface area contributed by atoms with Gasteiger partial charge < -0.3 is 14.1 Å². The van der Waals surface area contributed by atoms with Gasteiger partial charge in [0.2, 0.25) is 0 Å². The van der Waals surface area contributed by atoms with E-state index in [1.54, 1.807) is 0 Å². The highest BCUT2D eigenvalue weighted by atomic mass is 28.4. The van der Waals surface area contributed by atoms with Crippen molar-refractivity contribution < 1.29 is 14.0 Å². The number of carbonyl (C=O) groups is 1. The summed E-state index contributed by atoms with van der Waals surface area (Å²) in [7, 11) is -1.76. The van der Waals surface area contributed by atoms with Gasteiger partial charge in [-0.3, -0.25) is 4.79 Å². The zero-order chi connectivity index (χ0) is 23.4. The van der Waals surface area contributed by atoms with E-state index >= 15 is 0 Å². The molecule has 1 heterocycles. The number of rotatable bonds is 10. The van der Waals surface area contributed by atoms with Gasteiger partial charge in [-0.2, -0.15) is 0 Å². The topological polar surface area (TPSA) is 38.8 Å². The second-order valence-corrected chi connectivity index (χ2v) is 15.0. The summed E-state index contributed by atoms with van der Waals surface area (Å²) in [6, 6.07) is 18.1. The van der Waals surface area contributed by atoms with E-state index in [1.807, 2.05) is 47.4 Å². The summed E-state index contributed by atoms with van der Waals surface area (Å²) in [5.41, 5.74) is 1.82. The van der Waals surface area contributed by atoms with E-state index in [0.29, 0.717) is 13.2 Å². The van der Waals surface area contributed by atoms with Gasteiger partial charge in [0, 0.05) is 36.4 Å². The van der Waals surface area contributed by atoms with Crippen molar-refractivity contribution in [3.8, 4) is 0 Å². The van der Waals surface area contributed by atoms with E-state index in [0.717, 1.165) is 42.6 Å². The maximum atomic E-state index is 13.5. The molecule has 0 aliphatic carbocycles. The first kappa shape index (κ1) is 24.7. The van der Waals surface area contributed by atoms with E-state index in [4.69, 9.17) is 9.16 Å². The Morgan fingerprint density at radius 2 is 1.59 bits per heavy atom. The van der Waals surface area contributed by atoms with Crippen LogP contribution in [-0.2, 0) is 14.9 Å². The van der Waals surface area contributed by atoms with Crippen molar-refractivity contribution in [1.29, 1.82) is 0 Å². The minimum Gasteiger partial charge on any atom is -0.417 e. The maximum absolute atomic E-state index is 13.5. The molecule has 0 fully saturated rings. The quantitative estimate of drug-likeness (QED) is 0.301. The lowest BCUT2D eigenvalue weighted by molar-refractivity contribution is -0.108. The number of unbranched alkanes of at least 4 members (excludes halogenated alkanes) is 1. The molecule has 4 nitrogen and oxygen atoms in total. The molecular weight excluding hydrogens is 414 g/mol. The molecule has 174 valence electrons. The summed E-state index contributed by atoms with van der Waals surface area (Å²) in [6.07, 6.45) is 2.68. The summed E-state index contributed by atoms with van der Waals surface area (Å²) >= 11 is 0. The van der Waals surface area contributed by atoms with Crippen LogP contribution in [-0.4, -0.2) is 38.9 Å². The van der Waals surface area contributed by atoms with Crippen LogP contribution in [0.3, 0.4) is 0 Å². The Kier molecular flexibility index (Phi) is 7.64. The van der Waals surface area contributed by atoms with Crippen LogP contribution in [0.2, 0.25) is 18.1 Å². The molecule has 2 aromatic carbocycles. The molecule has 1 amide bonds. The largest absolute Gasteiger partial charge is 0.417 e. The highest BCUT2D eigenvalue weighted by Gasteiger charge is 2.51. The van der Waals surface area contributed by atoms with Crippen molar-refractivity contribution in [2.24, 2.45) is 0 Å². The second kappa shape index (κ2) is 9.90. The zero-order valence-electron chi connectivity index (χ0n) is 20.6. The Morgan fingerprint density at radius 3 is 2.25 bits per heavy atom. The molecule has 1 aliphatic rings. The zero-order valence-corrected chi connectivity index (χ0v) is 21.6. The van der Waals surface area contributed by atoms with Gasteiger partial charge in [-0.15, -0.1) is 0 Å². The van der Waals surface area contributed by atoms with Crippen LogP contribution in [0.5, 0.6) is 0 Å². The number of benzene rings is 2. The number of carbonyl (C=O) groups excluding carboxylic acids is 1. The van der Waals surface area contributed by atoms with Crippen LogP contribution >= 0.6 is 0 Å². The van der Waals surface area contributed by atoms with E-state index in [-0.39, 0.29) is 10.9 Å². The third-order valence-corrected chi connectivity index (χ3v) is 11.4. The van der Waals surface area contributed by atoms with Crippen molar-refractivity contribution in [3.63, 3.8) is 0 Å². The molecule has 0 N–H and O–H groups in total. The molecule has 1 unspecified atom stereocenters. The first-order valence-corrected chi connectivity index (χ1v) is 14.8. The molecule has 32 heavy (non-hydrogen) atoms. The Bertz CT molecular complexity index is 907. The molecule has 1 atom stereocenters. The standard InChI is InChI=1S/C27H39NO3Si/c1-7-20-30-27(22-15-9-8-10-16-22)24-18-12-11-17-23(24)25(29)28(27)19-13-14-21-31-32(5,6)26(2,3)4/h8-12,15-18H,7,13-14,19-21H2,1-6H3. The Labute approximate surface area is 195 Å². The maximum Gasteiger partial charge on any atom is 0.257 e. The van der Waals surface area contributed by atoms with Gasteiger partial charge >= 0.3 is 0 Å². The summed E-state index contributed by atoms with van der Waals surface area (Å²) in [6.45, 7) is 15.4. The fourth-order valence-electron chi connectivity index (χ4n) is 4.04. The average Bonchev–Trinajstić information content (AvgIpc) is 3.01. The van der Waals surface area contributed by atoms with E-state index in [1.165, 1.54) is 0 Å². The van der Waals surface area contributed by atoms with Crippen molar-refractivity contribution >= 4 is 14.2 Å². The minimum atomic E-state index is -1.76. The molecule has 0 radical (unpaired) electrons. The summed E-state index contributed by atoms with van der Waals surface area (Å²) in [5.74, 6) is 0.0471. The lowest BCUT2D eigenvalue weighted by Crippen LogP contribution is -2.47. The summed E-state index contributed by atoms with van der Waals surface area (Å²) in [4.78, 5) is 15.5. The number of hydrogen-bond acceptors (Lipinski definition) is 3. The van der Waals surface area contributed by atoms with Crippen LogP contribution in [0.1, 0.15) is 68.4 Å². The van der Waals surface area contributed by atoms with Crippen LogP contribution in [0.4, 0.5) is 0 Å². The Hall–Kier alpha value is -1.95. The predicted molar refractivity (Wildman–Crippen MR) is 133 cm³/mol. The SMILES string of the molecule is CCCOC1(c2ccccc2)c2ccccc2C(=O)N1CCCCO[Si](C)(C)C(C)(C)C. The number of hydrogen-bond donors (Lipinski definition) is 0. The fourth-order valence-corrected chi connectivity index (χ4v) is 5.13. The molecule has 1 aliphatic heterocycles. The number of fused-ring (bicyclic) bond motifs is 1. The van der Waals surface area contributed by atoms with E-state index in [2.05, 4.69) is 52.9 Å². The van der Waals surface area contributed by atoms with Crippen LogP contribution < -0.4 is 0 Å². The Morgan fingerprint density at radius 1 is 0.938 bits per heavy atom. The van der Waals surface area contributed by atoms with Gasteiger partial charge in [-0.25, -0.2) is 0 Å². The first-order chi connectivity index (χ1) is 15.1. The lowest BCUT2D eigenvalue weighted by Gasteiger charge is -2.40. The highest BCUT2D eigenvalue weighted by Crippen LogP contribution is 2.45. The number of nitrogens with zero attached hydrogens (tertiary/aromatic N) is 1. The van der Waals surface area contributed by atoms with Gasteiger partial charge in [0.1, 0.15) is 0 Å². The average molecular weight is 454 g/mol. The van der Waals surface area contributed by atoms with Crippen molar-refractivity contribution in [1.82, 2.24) is 4.90 Å². The van der Waals surface area contributed by atoms with E-state index < -0.39 is 14.0 Å². The second-order valence-electron chi connectivity index (χ2n) is 10.2. The number of amides is 1. The van der Waals surface area contributed by atoms with E-state index in [9.17, 15) is 4.79 Å². The van der Waals surface area contributed by atoms with Crippen molar-refractivity contribution in [2.75, 3.05) is 19.8 Å². The van der Waals surface area contributed by atoms with Crippen LogP contribution in [0.25, 0.3) is 0 Å². The molecule has 0 bridgehead atoms. The smallest absolute Gasteiger partial charge is 0.257 e. The normalized spacial score (nSPS) is 18.8. The van der Waals surface area contributed by atoms with Crippen molar-refractivity contribution in [3.05, 3.63) is 71.3 Å². The monoisotopic (exact) mass is 453 g/mol. The van der Waals surface area contributed by atoms with Gasteiger partial charge in [0.05, 0.1) is 0 Å². The summed E-state index contributed by atoms with van der Waals surface area (Å²) in [5, 5.41) is 0.204. The van der Waals surface area contributed by atoms with Crippen LogP contribution in [0, 0.1) is 0 Å². The lowest BCUT2D eigenvalue weighted by atomic mass is 9.93. The molecule has 0 saturated carbocycles. The van der Waals surface area contributed by atoms with Gasteiger partial charge in [0.15, 0.2) is 14.0 Å². The minimum absolute atomic E-state index is 0.0471.